The molecule has 0 aliphatic carbocycles. The second-order valence-corrected chi connectivity index (χ2v) is 8.80. The molecule has 4 atom stereocenters. The quantitative estimate of drug-likeness (QED) is 0.378. The van der Waals surface area contributed by atoms with Gasteiger partial charge in [-0.15, -0.1) is 11.8 Å². The first-order valence-electron chi connectivity index (χ1n) is 10.5. The fourth-order valence-electron chi connectivity index (χ4n) is 3.69. The third-order valence-electron chi connectivity index (χ3n) is 4.98. The zero-order chi connectivity index (χ0) is 24.2. The van der Waals surface area contributed by atoms with Gasteiger partial charge in [-0.2, -0.15) is 0 Å². The van der Waals surface area contributed by atoms with Gasteiger partial charge in [0.25, 0.3) is 0 Å². The maximum absolute atomic E-state index is 11.8. The van der Waals surface area contributed by atoms with Gasteiger partial charge < -0.3 is 23.4 Å². The van der Waals surface area contributed by atoms with Crippen molar-refractivity contribution in [3.63, 3.8) is 0 Å². The largest absolute Gasteiger partial charge is 0.474 e. The van der Waals surface area contributed by atoms with Crippen LogP contribution in [0.5, 0.6) is 5.75 Å². The van der Waals surface area contributed by atoms with Crippen LogP contribution in [0.3, 0.4) is 0 Å². The summed E-state index contributed by atoms with van der Waals surface area (Å²) in [6.07, 6.45) is 0.342. The molecule has 3 aromatic rings. The first-order chi connectivity index (χ1) is 16.3. The van der Waals surface area contributed by atoms with E-state index in [1.54, 1.807) is 12.3 Å². The zero-order valence-corrected chi connectivity index (χ0v) is 19.6. The van der Waals surface area contributed by atoms with Crippen LogP contribution in [0.1, 0.15) is 20.8 Å². The van der Waals surface area contributed by atoms with E-state index in [9.17, 15) is 14.4 Å². The number of pyridine rings is 1. The number of benzene rings is 1. The first kappa shape index (κ1) is 23.6. The van der Waals surface area contributed by atoms with Crippen LogP contribution in [0.4, 0.5) is 0 Å². The number of nitrogens with zero attached hydrogens (tertiary/aromatic N) is 1. The normalized spacial score (nSPS) is 22.1. The lowest BCUT2D eigenvalue weighted by Gasteiger charge is -2.39. The fraction of sp³-hybridized carbons (Fsp3) is 0.333. The Balaban J connectivity index is 1.59. The Morgan fingerprint density at radius 3 is 2.35 bits per heavy atom. The summed E-state index contributed by atoms with van der Waals surface area (Å²) in [5, 5.41) is 0.960. The molecule has 2 aromatic heterocycles. The van der Waals surface area contributed by atoms with Gasteiger partial charge in [-0.3, -0.25) is 19.4 Å². The minimum Gasteiger partial charge on any atom is -0.474 e. The Hall–Kier alpha value is -3.53. The molecule has 1 aliphatic heterocycles. The second kappa shape index (κ2) is 10.2. The van der Waals surface area contributed by atoms with Crippen molar-refractivity contribution in [3.05, 3.63) is 48.8 Å². The molecule has 1 fully saturated rings. The molecule has 4 rings (SSSR count). The Morgan fingerprint density at radius 2 is 1.65 bits per heavy atom. The fourth-order valence-corrected chi connectivity index (χ4v) is 4.90. The van der Waals surface area contributed by atoms with E-state index in [0.717, 1.165) is 11.0 Å². The van der Waals surface area contributed by atoms with Crippen LogP contribution in [0.15, 0.2) is 53.2 Å². The van der Waals surface area contributed by atoms with Crippen molar-refractivity contribution < 1.29 is 37.7 Å². The summed E-state index contributed by atoms with van der Waals surface area (Å²) >= 11 is 1.28. The van der Waals surface area contributed by atoms with Gasteiger partial charge in [-0.1, -0.05) is 18.2 Å². The highest BCUT2D eigenvalue weighted by atomic mass is 32.2. The molecule has 0 spiro atoms. The molecule has 3 heterocycles. The number of rotatable bonds is 6. The van der Waals surface area contributed by atoms with Gasteiger partial charge in [-0.25, -0.2) is 0 Å². The molecule has 1 aliphatic rings. The lowest BCUT2D eigenvalue weighted by Crippen LogP contribution is -2.55. The molecule has 0 saturated carbocycles. The van der Waals surface area contributed by atoms with E-state index in [1.807, 2.05) is 30.3 Å². The van der Waals surface area contributed by atoms with Crippen molar-refractivity contribution in [2.45, 2.75) is 44.5 Å². The number of carbonyl (C=O) groups excluding carboxylic acids is 3. The van der Waals surface area contributed by atoms with Crippen molar-refractivity contribution in [3.8, 4) is 17.1 Å². The number of carbonyl (C=O) groups is 3. The molecule has 0 radical (unpaired) electrons. The van der Waals surface area contributed by atoms with Gasteiger partial charge in [-0.05, 0) is 18.2 Å². The van der Waals surface area contributed by atoms with Crippen LogP contribution >= 0.6 is 11.8 Å². The molecule has 9 nitrogen and oxygen atoms in total. The molecule has 178 valence electrons. The number of esters is 3. The Morgan fingerprint density at radius 1 is 0.941 bits per heavy atom. The van der Waals surface area contributed by atoms with E-state index in [2.05, 4.69) is 4.98 Å². The van der Waals surface area contributed by atoms with Crippen LogP contribution in [0.2, 0.25) is 0 Å². The molecule has 1 saturated heterocycles. The minimum absolute atomic E-state index is 0.274. The topological polar surface area (TPSA) is 114 Å². The Labute approximate surface area is 199 Å². The molecule has 1 aromatic carbocycles. The van der Waals surface area contributed by atoms with Crippen molar-refractivity contribution in [2.75, 3.05) is 5.75 Å². The van der Waals surface area contributed by atoms with Crippen molar-refractivity contribution in [1.82, 2.24) is 4.98 Å². The molecule has 10 heteroatoms. The van der Waals surface area contributed by atoms with Gasteiger partial charge in [0, 0.05) is 43.7 Å². The molecule has 0 bridgehead atoms. The molecular formula is C24H23NO8S. The number of hydrogen-bond donors (Lipinski definition) is 0. The zero-order valence-electron chi connectivity index (χ0n) is 18.8. The predicted molar refractivity (Wildman–Crippen MR) is 123 cm³/mol. The average molecular weight is 486 g/mol. The smallest absolute Gasteiger partial charge is 0.303 e. The molecule has 0 N–H and O–H groups in total. The number of thioether (sulfide) groups is 1. The van der Waals surface area contributed by atoms with Crippen molar-refractivity contribution in [2.24, 2.45) is 0 Å². The lowest BCUT2D eigenvalue weighted by atomic mass is 10.1. The van der Waals surface area contributed by atoms with Crippen LogP contribution in [0, 0.1) is 0 Å². The highest BCUT2D eigenvalue weighted by Gasteiger charge is 2.47. The standard InChI is InChI=1S/C24H23NO8S/c1-13(26)29-21-12-34-24(23(31-15(3)28)22(21)30-14(2)27)32-18-8-17(10-25-11-18)20-9-16-6-4-5-7-19(16)33-20/h4-11,21-24H,12H2,1-3H3/t21-,22+,23-,24-/m1/s1. The van der Waals surface area contributed by atoms with E-state index < -0.39 is 41.7 Å². The minimum atomic E-state index is -1.02. The SMILES string of the molecule is CC(=O)O[C@@H]1[C@@H](OC(C)=O)[C@H](OC(C)=O)CS[C@H]1Oc1cncc(-c2cc3ccccc3o2)c1. The summed E-state index contributed by atoms with van der Waals surface area (Å²) < 4.78 is 28.2. The van der Waals surface area contributed by atoms with Crippen molar-refractivity contribution >= 4 is 40.6 Å². The van der Waals surface area contributed by atoms with E-state index in [0.29, 0.717) is 17.1 Å². The van der Waals surface area contributed by atoms with Gasteiger partial charge in [0.15, 0.2) is 23.7 Å². The lowest BCUT2D eigenvalue weighted by molar-refractivity contribution is -0.186. The van der Waals surface area contributed by atoms with Gasteiger partial charge in [0.2, 0.25) is 0 Å². The van der Waals surface area contributed by atoms with E-state index >= 15 is 0 Å². The Bertz CT molecular complexity index is 1180. The molecule has 0 unspecified atom stereocenters. The monoisotopic (exact) mass is 485 g/mol. The summed E-state index contributed by atoms with van der Waals surface area (Å²) in [6.45, 7) is 3.73. The summed E-state index contributed by atoms with van der Waals surface area (Å²) in [4.78, 5) is 39.4. The van der Waals surface area contributed by atoms with Gasteiger partial charge in [0.05, 0.1) is 6.20 Å². The molecule has 0 amide bonds. The van der Waals surface area contributed by atoms with E-state index in [-0.39, 0.29) is 5.75 Å². The maximum atomic E-state index is 11.8. The number of hydrogen-bond acceptors (Lipinski definition) is 10. The third kappa shape index (κ3) is 5.51. The third-order valence-corrected chi connectivity index (χ3v) is 6.19. The van der Waals surface area contributed by atoms with Crippen molar-refractivity contribution in [1.29, 1.82) is 0 Å². The summed E-state index contributed by atoms with van der Waals surface area (Å²) in [5.74, 6) is -0.421. The maximum Gasteiger partial charge on any atom is 0.303 e. The first-order valence-corrected chi connectivity index (χ1v) is 11.6. The van der Waals surface area contributed by atoms with Crippen LogP contribution in [-0.4, -0.2) is 52.4 Å². The summed E-state index contributed by atoms with van der Waals surface area (Å²) in [5.41, 5.74) is 0.711. The Kier molecular flexibility index (Phi) is 7.06. The van der Waals surface area contributed by atoms with Gasteiger partial charge in [0.1, 0.15) is 17.1 Å². The predicted octanol–water partition coefficient (Wildman–Crippen LogP) is 3.74. The van der Waals surface area contributed by atoms with Crippen LogP contribution in [-0.2, 0) is 28.6 Å². The number of ether oxygens (including phenoxy) is 4. The highest BCUT2D eigenvalue weighted by molar-refractivity contribution is 7.99. The van der Waals surface area contributed by atoms with E-state index in [4.69, 9.17) is 23.4 Å². The highest BCUT2D eigenvalue weighted by Crippen LogP contribution is 2.35. The summed E-state index contributed by atoms with van der Waals surface area (Å²) in [7, 11) is 0. The van der Waals surface area contributed by atoms with E-state index in [1.165, 1.54) is 38.7 Å². The second-order valence-electron chi connectivity index (χ2n) is 7.67. The summed E-state index contributed by atoms with van der Waals surface area (Å²) in [6, 6.07) is 11.3. The van der Waals surface area contributed by atoms with Gasteiger partial charge >= 0.3 is 17.9 Å². The van der Waals surface area contributed by atoms with Crippen LogP contribution in [0.25, 0.3) is 22.3 Å². The number of fused-ring (bicyclic) bond motifs is 1. The van der Waals surface area contributed by atoms with Crippen LogP contribution < -0.4 is 4.74 Å². The molecular weight excluding hydrogens is 462 g/mol. The number of furan rings is 1. The average Bonchev–Trinajstić information content (AvgIpc) is 3.21. The molecule has 34 heavy (non-hydrogen) atoms. The number of para-hydroxylation sites is 1. The number of aromatic nitrogens is 1.